The van der Waals surface area contributed by atoms with Gasteiger partial charge in [-0.2, -0.15) is 0 Å². The summed E-state index contributed by atoms with van der Waals surface area (Å²) in [7, 11) is 0. The molecule has 6 aliphatic rings. The Morgan fingerprint density at radius 3 is 2.66 bits per heavy atom. The van der Waals surface area contributed by atoms with Gasteiger partial charge in [0.2, 0.25) is 0 Å². The quantitative estimate of drug-likeness (QED) is 0.269. The van der Waals surface area contributed by atoms with Gasteiger partial charge in [-0.05, 0) is 55.4 Å². The van der Waals surface area contributed by atoms with Crippen LogP contribution in [0.4, 0.5) is 0 Å². The Balaban J connectivity index is 1.15. The van der Waals surface area contributed by atoms with Crippen LogP contribution in [0.15, 0.2) is 18.3 Å². The van der Waals surface area contributed by atoms with Gasteiger partial charge < -0.3 is 19.7 Å². The predicted octanol–water partition coefficient (Wildman–Crippen LogP) is 5.01. The second kappa shape index (κ2) is 11.1. The molecule has 1 aromatic heterocycles. The second-order valence-corrected chi connectivity index (χ2v) is 14.5. The van der Waals surface area contributed by atoms with E-state index >= 15 is 0 Å². The highest BCUT2D eigenvalue weighted by atomic mass is 16.7. The summed E-state index contributed by atoms with van der Waals surface area (Å²) in [6, 6.07) is 0. The molecule has 1 aromatic rings. The van der Waals surface area contributed by atoms with Crippen molar-refractivity contribution < 1.29 is 24.5 Å². The number of hydrogen-bond donors (Lipinski definition) is 2. The fourth-order valence-corrected chi connectivity index (χ4v) is 10.1. The first-order valence-corrected chi connectivity index (χ1v) is 16.4. The monoisotopic (exact) mass is 569 g/mol. The zero-order valence-corrected chi connectivity index (χ0v) is 25.4. The minimum atomic E-state index is -1.11. The summed E-state index contributed by atoms with van der Waals surface area (Å²) in [5.41, 5.74) is -0.128. The van der Waals surface area contributed by atoms with Gasteiger partial charge in [0, 0.05) is 23.4 Å². The van der Waals surface area contributed by atoms with Crippen LogP contribution < -0.4 is 0 Å². The molecule has 2 saturated heterocycles. The van der Waals surface area contributed by atoms with E-state index in [1.807, 2.05) is 10.9 Å². The number of ether oxygens (including phenoxy) is 2. The van der Waals surface area contributed by atoms with Gasteiger partial charge in [-0.25, -0.2) is 4.68 Å². The van der Waals surface area contributed by atoms with Crippen LogP contribution >= 0.6 is 0 Å². The first-order chi connectivity index (χ1) is 19.7. The van der Waals surface area contributed by atoms with Gasteiger partial charge in [0.1, 0.15) is 0 Å². The summed E-state index contributed by atoms with van der Waals surface area (Å²) in [6.45, 7) is 11.9. The van der Waals surface area contributed by atoms with E-state index in [0.717, 1.165) is 37.8 Å². The number of fused-ring (bicyclic) bond motifs is 2. The van der Waals surface area contributed by atoms with Crippen molar-refractivity contribution in [3.8, 4) is 0 Å². The molecule has 2 N–H and O–H groups in total. The van der Waals surface area contributed by atoms with E-state index < -0.39 is 41.3 Å². The lowest BCUT2D eigenvalue weighted by Crippen LogP contribution is -2.78. The number of aliphatic hydroxyl groups excluding tert-OH is 2. The number of Topliss-reactive ketones (excluding diaryl/α,β-unsaturated/α-hetero) is 1. The van der Waals surface area contributed by atoms with Crippen LogP contribution in [-0.2, 0) is 27.2 Å². The Morgan fingerprint density at radius 2 is 1.88 bits per heavy atom. The minimum absolute atomic E-state index is 0.0283. The van der Waals surface area contributed by atoms with Crippen molar-refractivity contribution in [2.24, 2.45) is 34.0 Å². The van der Waals surface area contributed by atoms with E-state index in [0.29, 0.717) is 31.6 Å². The minimum Gasteiger partial charge on any atom is -0.393 e. The van der Waals surface area contributed by atoms with Gasteiger partial charge in [0.15, 0.2) is 12.1 Å². The first kappa shape index (κ1) is 29.5. The fourth-order valence-electron chi connectivity index (χ4n) is 10.1. The van der Waals surface area contributed by atoms with Crippen molar-refractivity contribution in [2.45, 2.75) is 135 Å². The van der Waals surface area contributed by atoms with E-state index in [1.165, 1.54) is 38.5 Å². The highest BCUT2D eigenvalue weighted by Gasteiger charge is 2.81. The van der Waals surface area contributed by atoms with E-state index in [4.69, 9.17) is 9.47 Å². The zero-order valence-electron chi connectivity index (χ0n) is 25.4. The number of nitrogens with zero attached hydrogens (tertiary/aromatic N) is 3. The Labute approximate surface area is 245 Å². The molecule has 0 amide bonds. The summed E-state index contributed by atoms with van der Waals surface area (Å²) in [6.07, 6.45) is 13.4. The molecule has 4 saturated carbocycles. The molecule has 4 aliphatic carbocycles. The molecule has 4 bridgehead atoms. The van der Waals surface area contributed by atoms with Crippen molar-refractivity contribution in [3.63, 3.8) is 0 Å². The maximum atomic E-state index is 13.9. The van der Waals surface area contributed by atoms with Crippen LogP contribution in [0.2, 0.25) is 0 Å². The topological polar surface area (TPSA) is 107 Å². The maximum Gasteiger partial charge on any atom is 0.170 e. The van der Waals surface area contributed by atoms with Gasteiger partial charge in [0.05, 0.1) is 42.6 Å². The third-order valence-electron chi connectivity index (χ3n) is 11.9. The van der Waals surface area contributed by atoms with Crippen molar-refractivity contribution in [1.82, 2.24) is 15.0 Å². The van der Waals surface area contributed by atoms with Crippen molar-refractivity contribution in [2.75, 3.05) is 6.61 Å². The predicted molar refractivity (Wildman–Crippen MR) is 155 cm³/mol. The normalized spacial score (nSPS) is 40.6. The van der Waals surface area contributed by atoms with Crippen LogP contribution in [0.1, 0.15) is 104 Å². The lowest BCUT2D eigenvalue weighted by Gasteiger charge is -2.72. The van der Waals surface area contributed by atoms with Gasteiger partial charge in [-0.15, -0.1) is 5.10 Å². The average Bonchev–Trinajstić information content (AvgIpc) is 3.43. The number of rotatable bonds is 12. The molecule has 3 heterocycles. The lowest BCUT2D eigenvalue weighted by molar-refractivity contribution is -0.402. The number of unbranched alkanes of at least 4 members (excludes halogenated alkanes) is 6. The largest absolute Gasteiger partial charge is 0.393 e. The van der Waals surface area contributed by atoms with Gasteiger partial charge in [-0.1, -0.05) is 77.5 Å². The van der Waals surface area contributed by atoms with Crippen LogP contribution in [0.25, 0.3) is 0 Å². The summed E-state index contributed by atoms with van der Waals surface area (Å²) < 4.78 is 15.2. The molecule has 9 atom stereocenters. The molecule has 0 unspecified atom stereocenters. The third-order valence-corrected chi connectivity index (χ3v) is 11.9. The highest BCUT2D eigenvalue weighted by molar-refractivity contribution is 6.04. The molecule has 8 nitrogen and oxygen atoms in total. The number of aliphatic hydroxyl groups is 2. The molecular weight excluding hydrogens is 518 g/mol. The maximum absolute atomic E-state index is 13.9. The van der Waals surface area contributed by atoms with Crippen molar-refractivity contribution in [3.05, 3.63) is 24.0 Å². The summed E-state index contributed by atoms with van der Waals surface area (Å²) in [4.78, 5) is 13.9. The Hall–Kier alpha value is -1.61. The molecule has 6 fully saturated rings. The molecule has 228 valence electrons. The highest BCUT2D eigenvalue weighted by Crippen LogP contribution is 2.75. The van der Waals surface area contributed by atoms with Crippen LogP contribution in [0.3, 0.4) is 0 Å². The number of aryl methyl sites for hydroxylation is 1. The number of carbonyl (C=O) groups excluding carboxylic acids is 1. The van der Waals surface area contributed by atoms with Crippen molar-refractivity contribution >= 4 is 5.78 Å². The standard InChI is InChI=1S/C33H51N3O5/c1-5-6-7-8-9-10-11-13-22-20-36(35-34-22)16-17-40-30-32-15-12-14-31(3,4)25(32)19-26(41-30)33-27(32)24(37)18-23(29(33)39)21(2)28(33)38/h20,23-27,29-30,37,39H,2,5-19H2,1,3-4H3/t23-,24-,25+,26+,27-,29+,30-,32-,33+/m0/s1. The van der Waals surface area contributed by atoms with E-state index in [9.17, 15) is 15.0 Å². The summed E-state index contributed by atoms with van der Waals surface area (Å²) in [5, 5.41) is 32.0. The summed E-state index contributed by atoms with van der Waals surface area (Å²) in [5.74, 6) is -0.624. The second-order valence-electron chi connectivity index (χ2n) is 14.5. The zero-order chi connectivity index (χ0) is 29.0. The molecule has 7 rings (SSSR count). The van der Waals surface area contributed by atoms with E-state index in [-0.39, 0.29) is 23.0 Å². The van der Waals surface area contributed by atoms with E-state index in [2.05, 4.69) is 37.7 Å². The molecule has 41 heavy (non-hydrogen) atoms. The smallest absolute Gasteiger partial charge is 0.170 e. The van der Waals surface area contributed by atoms with Gasteiger partial charge in [0.25, 0.3) is 0 Å². The first-order valence-electron chi connectivity index (χ1n) is 16.4. The molecule has 2 spiro atoms. The summed E-state index contributed by atoms with van der Waals surface area (Å²) >= 11 is 0. The van der Waals surface area contributed by atoms with Crippen LogP contribution in [-0.4, -0.2) is 62.2 Å². The number of carbonyl (C=O) groups is 1. The molecular formula is C33H51N3O5. The third kappa shape index (κ3) is 4.49. The Kier molecular flexibility index (Phi) is 8.01. The van der Waals surface area contributed by atoms with Gasteiger partial charge in [-0.3, -0.25) is 4.79 Å². The number of hydrogen-bond acceptors (Lipinski definition) is 7. The van der Waals surface area contributed by atoms with Crippen molar-refractivity contribution in [1.29, 1.82) is 0 Å². The van der Waals surface area contributed by atoms with Gasteiger partial charge >= 0.3 is 0 Å². The fraction of sp³-hybridized carbons (Fsp3) is 0.848. The number of aromatic nitrogens is 3. The van der Waals surface area contributed by atoms with E-state index in [1.54, 1.807) is 0 Å². The van der Waals surface area contributed by atoms with Crippen LogP contribution in [0, 0.1) is 34.0 Å². The molecule has 8 heteroatoms. The Bertz CT molecular complexity index is 1130. The Morgan fingerprint density at radius 1 is 1.12 bits per heavy atom. The lowest BCUT2D eigenvalue weighted by atomic mass is 9.37. The SMILES string of the molecule is C=C1C(=O)[C@]23[C@H](O)[C@H]1C[C@H](O)[C@H]2[C@]12CCCC(C)(C)[C@H]1C[C@H]3O[C@@H]2OCCn1cc(CCCCCCCCC)nn1. The molecule has 0 aromatic carbocycles. The molecule has 0 radical (unpaired) electrons. The average molecular weight is 570 g/mol. The molecule has 2 aliphatic heterocycles. The number of ketones is 1. The van der Waals surface area contributed by atoms with Crippen LogP contribution in [0.5, 0.6) is 0 Å².